The van der Waals surface area contributed by atoms with Crippen LogP contribution in [0.15, 0.2) is 0 Å². The number of likely N-dealkylation sites (N-methyl/N-ethyl adjacent to an activating group) is 1. The average molecular weight is 257 g/mol. The van der Waals surface area contributed by atoms with Crippen molar-refractivity contribution in [3.8, 4) is 0 Å². The fourth-order valence-corrected chi connectivity index (χ4v) is 1.92. The van der Waals surface area contributed by atoms with Crippen LogP contribution in [0.1, 0.15) is 47.5 Å². The molecule has 0 radical (unpaired) electrons. The van der Waals surface area contributed by atoms with Crippen LogP contribution in [0, 0.1) is 5.41 Å². The first-order chi connectivity index (χ1) is 8.38. The van der Waals surface area contributed by atoms with Crippen LogP contribution in [0.25, 0.3) is 0 Å². The van der Waals surface area contributed by atoms with Crippen molar-refractivity contribution in [2.24, 2.45) is 11.1 Å². The van der Waals surface area contributed by atoms with E-state index in [-0.39, 0.29) is 11.3 Å². The fraction of sp³-hybridized carbons (Fsp3) is 0.929. The highest BCUT2D eigenvalue weighted by Crippen LogP contribution is 2.14. The number of hydrogen-bond donors (Lipinski definition) is 2. The zero-order valence-electron chi connectivity index (χ0n) is 12.8. The molecule has 1 amide bonds. The van der Waals surface area contributed by atoms with Gasteiger partial charge in [-0.15, -0.1) is 0 Å². The number of nitrogens with two attached hydrogens (primary N) is 1. The van der Waals surface area contributed by atoms with Crippen LogP contribution >= 0.6 is 0 Å². The molecular weight excluding hydrogens is 226 g/mol. The Balaban J connectivity index is 4.24. The predicted octanol–water partition coefficient (Wildman–Crippen LogP) is 1.60. The van der Waals surface area contributed by atoms with Crippen LogP contribution in [0.2, 0.25) is 0 Å². The molecule has 0 aliphatic heterocycles. The quantitative estimate of drug-likeness (QED) is 0.659. The van der Waals surface area contributed by atoms with Gasteiger partial charge in [0.25, 0.3) is 0 Å². The average Bonchev–Trinajstić information content (AvgIpc) is 2.34. The van der Waals surface area contributed by atoms with Crippen LogP contribution in [-0.4, -0.2) is 43.0 Å². The number of rotatable bonds is 9. The second-order valence-corrected chi connectivity index (χ2v) is 5.75. The molecule has 0 aromatic rings. The van der Waals surface area contributed by atoms with Crippen molar-refractivity contribution in [3.63, 3.8) is 0 Å². The molecule has 0 spiro atoms. The Hall–Kier alpha value is -0.610. The van der Waals surface area contributed by atoms with E-state index in [1.807, 2.05) is 0 Å². The second kappa shape index (κ2) is 8.48. The molecule has 0 unspecified atom stereocenters. The van der Waals surface area contributed by atoms with E-state index in [0.29, 0.717) is 19.1 Å². The van der Waals surface area contributed by atoms with Gasteiger partial charge in [0.2, 0.25) is 5.91 Å². The van der Waals surface area contributed by atoms with Crippen molar-refractivity contribution in [3.05, 3.63) is 0 Å². The zero-order valence-corrected chi connectivity index (χ0v) is 12.8. The Morgan fingerprint density at radius 1 is 1.28 bits per heavy atom. The molecule has 0 heterocycles. The van der Waals surface area contributed by atoms with E-state index in [0.717, 1.165) is 25.9 Å². The van der Waals surface area contributed by atoms with E-state index in [4.69, 9.17) is 5.73 Å². The van der Waals surface area contributed by atoms with Crippen molar-refractivity contribution < 1.29 is 4.79 Å². The molecule has 108 valence electrons. The second-order valence-electron chi connectivity index (χ2n) is 5.75. The highest BCUT2D eigenvalue weighted by atomic mass is 16.2. The molecule has 4 nitrogen and oxygen atoms in total. The van der Waals surface area contributed by atoms with Gasteiger partial charge < -0.3 is 11.1 Å². The Labute approximate surface area is 112 Å². The van der Waals surface area contributed by atoms with Gasteiger partial charge in [-0.25, -0.2) is 0 Å². The normalized spacial score (nSPS) is 12.2. The highest BCUT2D eigenvalue weighted by molar-refractivity contribution is 5.78. The molecule has 4 heteroatoms. The molecular formula is C14H31N3O. The van der Waals surface area contributed by atoms with Crippen LogP contribution < -0.4 is 11.1 Å². The van der Waals surface area contributed by atoms with Gasteiger partial charge in [0.05, 0.1) is 6.54 Å². The summed E-state index contributed by atoms with van der Waals surface area (Å²) < 4.78 is 0. The summed E-state index contributed by atoms with van der Waals surface area (Å²) in [6.45, 7) is 13.4. The molecule has 0 atom stereocenters. The number of nitrogens with one attached hydrogen (secondary N) is 1. The third-order valence-corrected chi connectivity index (χ3v) is 3.37. The molecule has 0 aliphatic rings. The number of hydrogen-bond acceptors (Lipinski definition) is 3. The Morgan fingerprint density at radius 3 is 2.22 bits per heavy atom. The lowest BCUT2D eigenvalue weighted by Crippen LogP contribution is -2.45. The van der Waals surface area contributed by atoms with E-state index in [9.17, 15) is 4.79 Å². The van der Waals surface area contributed by atoms with E-state index in [1.54, 1.807) is 0 Å². The number of amides is 1. The largest absolute Gasteiger partial charge is 0.352 e. The molecule has 18 heavy (non-hydrogen) atoms. The summed E-state index contributed by atoms with van der Waals surface area (Å²) in [5.41, 5.74) is 5.80. The predicted molar refractivity (Wildman–Crippen MR) is 77.5 cm³/mol. The van der Waals surface area contributed by atoms with Gasteiger partial charge in [-0.3, -0.25) is 9.69 Å². The number of carbonyl (C=O) groups excluding carboxylic acids is 1. The first kappa shape index (κ1) is 17.4. The standard InChI is InChI=1S/C14H31N3O/c1-6-12(7-2)16-13(18)9-17(8-3)11-14(4,5)10-15/h12H,6-11,15H2,1-5H3,(H,16,18). The van der Waals surface area contributed by atoms with Crippen molar-refractivity contribution in [1.29, 1.82) is 0 Å². The maximum atomic E-state index is 11.9. The van der Waals surface area contributed by atoms with Crippen molar-refractivity contribution in [2.45, 2.75) is 53.5 Å². The minimum atomic E-state index is 0.0607. The van der Waals surface area contributed by atoms with Crippen LogP contribution in [-0.2, 0) is 4.79 Å². The lowest BCUT2D eigenvalue weighted by molar-refractivity contribution is -0.123. The van der Waals surface area contributed by atoms with Crippen LogP contribution in [0.3, 0.4) is 0 Å². The Kier molecular flexibility index (Phi) is 8.20. The molecule has 0 aromatic heterocycles. The highest BCUT2D eigenvalue weighted by Gasteiger charge is 2.21. The summed E-state index contributed by atoms with van der Waals surface area (Å²) in [5, 5.41) is 3.07. The van der Waals surface area contributed by atoms with Gasteiger partial charge in [0.1, 0.15) is 0 Å². The van der Waals surface area contributed by atoms with Gasteiger partial charge in [-0.05, 0) is 31.3 Å². The molecule has 0 rings (SSSR count). The smallest absolute Gasteiger partial charge is 0.234 e. The molecule has 0 aliphatic carbocycles. The monoisotopic (exact) mass is 257 g/mol. The van der Waals surface area contributed by atoms with E-state index in [2.05, 4.69) is 44.8 Å². The van der Waals surface area contributed by atoms with Gasteiger partial charge in [-0.2, -0.15) is 0 Å². The molecule has 0 saturated carbocycles. The first-order valence-electron chi connectivity index (χ1n) is 7.10. The third-order valence-electron chi connectivity index (χ3n) is 3.37. The fourth-order valence-electron chi connectivity index (χ4n) is 1.92. The SMILES string of the molecule is CCC(CC)NC(=O)CN(CC)CC(C)(C)CN. The van der Waals surface area contributed by atoms with E-state index < -0.39 is 0 Å². The van der Waals surface area contributed by atoms with Crippen molar-refractivity contribution in [2.75, 3.05) is 26.2 Å². The Morgan fingerprint density at radius 2 is 1.83 bits per heavy atom. The van der Waals surface area contributed by atoms with E-state index >= 15 is 0 Å². The summed E-state index contributed by atoms with van der Waals surface area (Å²) >= 11 is 0. The van der Waals surface area contributed by atoms with Crippen LogP contribution in [0.5, 0.6) is 0 Å². The minimum Gasteiger partial charge on any atom is -0.352 e. The summed E-state index contributed by atoms with van der Waals surface area (Å²) in [7, 11) is 0. The molecule has 3 N–H and O–H groups in total. The van der Waals surface area contributed by atoms with Gasteiger partial charge >= 0.3 is 0 Å². The molecule has 0 saturated heterocycles. The molecule has 0 bridgehead atoms. The summed E-state index contributed by atoms with van der Waals surface area (Å²) in [4.78, 5) is 14.1. The van der Waals surface area contributed by atoms with Gasteiger partial charge in [-0.1, -0.05) is 34.6 Å². The van der Waals surface area contributed by atoms with Crippen molar-refractivity contribution in [1.82, 2.24) is 10.2 Å². The third kappa shape index (κ3) is 6.97. The minimum absolute atomic E-state index is 0.0607. The summed E-state index contributed by atoms with van der Waals surface area (Å²) in [5.74, 6) is 0.123. The number of nitrogens with zero attached hydrogens (tertiary/aromatic N) is 1. The lowest BCUT2D eigenvalue weighted by atomic mass is 9.93. The summed E-state index contributed by atoms with van der Waals surface area (Å²) in [6, 6.07) is 0.304. The van der Waals surface area contributed by atoms with Gasteiger partial charge in [0, 0.05) is 12.6 Å². The van der Waals surface area contributed by atoms with Crippen LogP contribution in [0.4, 0.5) is 0 Å². The van der Waals surface area contributed by atoms with E-state index in [1.165, 1.54) is 0 Å². The first-order valence-corrected chi connectivity index (χ1v) is 7.10. The maximum Gasteiger partial charge on any atom is 0.234 e. The summed E-state index contributed by atoms with van der Waals surface area (Å²) in [6.07, 6.45) is 1.98. The zero-order chi connectivity index (χ0) is 14.2. The number of carbonyl (C=O) groups is 1. The molecule has 0 aromatic carbocycles. The maximum absolute atomic E-state index is 11.9. The van der Waals surface area contributed by atoms with Gasteiger partial charge in [0.15, 0.2) is 0 Å². The van der Waals surface area contributed by atoms with Crippen molar-refractivity contribution >= 4 is 5.91 Å². The lowest BCUT2D eigenvalue weighted by Gasteiger charge is -2.31. The molecule has 0 fully saturated rings. The topological polar surface area (TPSA) is 58.4 Å². The Bertz CT molecular complexity index is 237.